The SMILES string of the molecule is C=C[C@H](N)c1cc(Br)ccc1Br.Cl. The van der Waals surface area contributed by atoms with Gasteiger partial charge in [0.15, 0.2) is 0 Å². The standard InChI is InChI=1S/C9H9Br2N.ClH/c1-2-9(12)7-5-6(10)3-4-8(7)11;/h2-5,9H,1,12H2;1H/t9-;/m0./s1. The van der Waals surface area contributed by atoms with Crippen LogP contribution in [-0.2, 0) is 0 Å². The molecule has 0 saturated carbocycles. The van der Waals surface area contributed by atoms with Gasteiger partial charge in [-0.15, -0.1) is 19.0 Å². The van der Waals surface area contributed by atoms with Gasteiger partial charge in [0.2, 0.25) is 0 Å². The van der Waals surface area contributed by atoms with E-state index in [2.05, 4.69) is 38.4 Å². The van der Waals surface area contributed by atoms with Crippen molar-refractivity contribution in [2.45, 2.75) is 6.04 Å². The minimum absolute atomic E-state index is 0. The molecule has 1 aromatic rings. The topological polar surface area (TPSA) is 26.0 Å². The van der Waals surface area contributed by atoms with E-state index in [0.717, 1.165) is 14.5 Å². The highest BCUT2D eigenvalue weighted by Gasteiger charge is 2.05. The largest absolute Gasteiger partial charge is 0.321 e. The minimum Gasteiger partial charge on any atom is -0.321 e. The Morgan fingerprint density at radius 2 is 2.00 bits per heavy atom. The molecule has 1 atom stereocenters. The minimum atomic E-state index is -0.114. The van der Waals surface area contributed by atoms with Crippen LogP contribution in [-0.4, -0.2) is 0 Å². The monoisotopic (exact) mass is 325 g/mol. The summed E-state index contributed by atoms with van der Waals surface area (Å²) in [5.41, 5.74) is 6.84. The highest BCUT2D eigenvalue weighted by Crippen LogP contribution is 2.25. The molecule has 4 heteroatoms. The van der Waals surface area contributed by atoms with Crippen molar-refractivity contribution in [3.8, 4) is 0 Å². The number of halogens is 3. The second kappa shape index (κ2) is 5.81. The van der Waals surface area contributed by atoms with Crippen LogP contribution in [0.1, 0.15) is 11.6 Å². The average molecular weight is 327 g/mol. The fraction of sp³-hybridized carbons (Fsp3) is 0.111. The first-order chi connectivity index (χ1) is 5.65. The molecule has 0 spiro atoms. The van der Waals surface area contributed by atoms with Gasteiger partial charge in [-0.1, -0.05) is 37.9 Å². The number of nitrogens with two attached hydrogens (primary N) is 1. The molecular weight excluding hydrogens is 317 g/mol. The van der Waals surface area contributed by atoms with E-state index < -0.39 is 0 Å². The summed E-state index contributed by atoms with van der Waals surface area (Å²) in [5, 5.41) is 0. The molecule has 0 radical (unpaired) electrons. The molecule has 0 amide bonds. The Balaban J connectivity index is 0.00000144. The first kappa shape index (κ1) is 13.2. The van der Waals surface area contributed by atoms with Gasteiger partial charge < -0.3 is 5.73 Å². The van der Waals surface area contributed by atoms with Crippen LogP contribution >= 0.6 is 44.3 Å². The van der Waals surface area contributed by atoms with Gasteiger partial charge in [-0.2, -0.15) is 0 Å². The van der Waals surface area contributed by atoms with E-state index in [4.69, 9.17) is 5.73 Å². The van der Waals surface area contributed by atoms with E-state index >= 15 is 0 Å². The Labute approximate surface area is 101 Å². The third-order valence-corrected chi connectivity index (χ3v) is 2.79. The third kappa shape index (κ3) is 3.43. The molecule has 0 aliphatic carbocycles. The van der Waals surface area contributed by atoms with Gasteiger partial charge in [0.25, 0.3) is 0 Å². The van der Waals surface area contributed by atoms with Crippen LogP contribution in [0.15, 0.2) is 39.8 Å². The molecule has 1 nitrogen and oxygen atoms in total. The lowest BCUT2D eigenvalue weighted by atomic mass is 10.1. The van der Waals surface area contributed by atoms with Crippen molar-refractivity contribution < 1.29 is 0 Å². The van der Waals surface area contributed by atoms with Crippen molar-refractivity contribution >= 4 is 44.3 Å². The Morgan fingerprint density at radius 3 is 2.54 bits per heavy atom. The van der Waals surface area contributed by atoms with Gasteiger partial charge in [-0.05, 0) is 23.8 Å². The lowest BCUT2D eigenvalue weighted by Gasteiger charge is -2.09. The Morgan fingerprint density at radius 1 is 1.38 bits per heavy atom. The van der Waals surface area contributed by atoms with Gasteiger partial charge in [0.05, 0.1) is 0 Å². The molecule has 0 fully saturated rings. The average Bonchev–Trinajstić information content (AvgIpc) is 2.08. The first-order valence-electron chi connectivity index (χ1n) is 3.48. The molecule has 0 saturated heterocycles. The number of rotatable bonds is 2. The Hall–Kier alpha value is 0.170. The van der Waals surface area contributed by atoms with E-state index in [0.29, 0.717) is 0 Å². The zero-order chi connectivity index (χ0) is 9.14. The van der Waals surface area contributed by atoms with Gasteiger partial charge >= 0.3 is 0 Å². The lowest BCUT2D eigenvalue weighted by molar-refractivity contribution is 0.907. The Kier molecular flexibility index (Phi) is 5.88. The molecule has 0 aliphatic rings. The quantitative estimate of drug-likeness (QED) is 0.821. The normalized spacial score (nSPS) is 11.6. The summed E-state index contributed by atoms with van der Waals surface area (Å²) in [6, 6.07) is 5.79. The van der Waals surface area contributed by atoms with Crippen LogP contribution in [0.4, 0.5) is 0 Å². The summed E-state index contributed by atoms with van der Waals surface area (Å²) in [6.07, 6.45) is 1.71. The van der Waals surface area contributed by atoms with E-state index in [1.54, 1.807) is 6.08 Å². The number of benzene rings is 1. The maximum absolute atomic E-state index is 5.80. The summed E-state index contributed by atoms with van der Waals surface area (Å²) >= 11 is 6.81. The molecule has 1 aromatic carbocycles. The molecular formula is C9H10Br2ClN. The van der Waals surface area contributed by atoms with E-state index in [9.17, 15) is 0 Å². The molecule has 0 bridgehead atoms. The maximum atomic E-state index is 5.80. The van der Waals surface area contributed by atoms with Crippen LogP contribution in [0.3, 0.4) is 0 Å². The van der Waals surface area contributed by atoms with Crippen LogP contribution in [0.5, 0.6) is 0 Å². The third-order valence-electron chi connectivity index (χ3n) is 1.57. The zero-order valence-electron chi connectivity index (χ0n) is 6.84. The van der Waals surface area contributed by atoms with E-state index in [1.807, 2.05) is 18.2 Å². The van der Waals surface area contributed by atoms with Crippen molar-refractivity contribution in [1.82, 2.24) is 0 Å². The summed E-state index contributed by atoms with van der Waals surface area (Å²) in [7, 11) is 0. The second-order valence-electron chi connectivity index (χ2n) is 2.43. The summed E-state index contributed by atoms with van der Waals surface area (Å²) in [4.78, 5) is 0. The molecule has 0 unspecified atom stereocenters. The van der Waals surface area contributed by atoms with Crippen LogP contribution < -0.4 is 5.73 Å². The van der Waals surface area contributed by atoms with Crippen LogP contribution in [0, 0.1) is 0 Å². The molecule has 1 rings (SSSR count). The summed E-state index contributed by atoms with van der Waals surface area (Å²) in [6.45, 7) is 3.65. The van der Waals surface area contributed by atoms with Crippen molar-refractivity contribution in [3.05, 3.63) is 45.4 Å². The smallest absolute Gasteiger partial charge is 0.0490 e. The fourth-order valence-corrected chi connectivity index (χ4v) is 1.79. The fourth-order valence-electron chi connectivity index (χ4n) is 0.897. The highest BCUT2D eigenvalue weighted by atomic mass is 79.9. The van der Waals surface area contributed by atoms with Gasteiger partial charge in [-0.3, -0.25) is 0 Å². The highest BCUT2D eigenvalue weighted by molar-refractivity contribution is 9.11. The number of hydrogen-bond acceptors (Lipinski definition) is 1. The van der Waals surface area contributed by atoms with E-state index in [1.165, 1.54) is 0 Å². The van der Waals surface area contributed by atoms with Crippen LogP contribution in [0.2, 0.25) is 0 Å². The van der Waals surface area contributed by atoms with Crippen molar-refractivity contribution in [3.63, 3.8) is 0 Å². The summed E-state index contributed by atoms with van der Waals surface area (Å²) in [5.74, 6) is 0. The van der Waals surface area contributed by atoms with Gasteiger partial charge in [0.1, 0.15) is 0 Å². The zero-order valence-corrected chi connectivity index (χ0v) is 10.8. The van der Waals surface area contributed by atoms with Crippen molar-refractivity contribution in [2.75, 3.05) is 0 Å². The molecule has 13 heavy (non-hydrogen) atoms. The van der Waals surface area contributed by atoms with Gasteiger partial charge in [0, 0.05) is 15.0 Å². The molecule has 0 aromatic heterocycles. The summed E-state index contributed by atoms with van der Waals surface area (Å²) < 4.78 is 2.04. The predicted molar refractivity (Wildman–Crippen MR) is 66.2 cm³/mol. The lowest BCUT2D eigenvalue weighted by Crippen LogP contribution is -2.06. The van der Waals surface area contributed by atoms with Crippen LogP contribution in [0.25, 0.3) is 0 Å². The second-order valence-corrected chi connectivity index (χ2v) is 4.20. The predicted octanol–water partition coefficient (Wildman–Crippen LogP) is 3.82. The molecule has 0 aliphatic heterocycles. The van der Waals surface area contributed by atoms with E-state index in [-0.39, 0.29) is 18.4 Å². The van der Waals surface area contributed by atoms with Crippen molar-refractivity contribution in [2.24, 2.45) is 5.73 Å². The molecule has 72 valence electrons. The van der Waals surface area contributed by atoms with Crippen molar-refractivity contribution in [1.29, 1.82) is 0 Å². The van der Waals surface area contributed by atoms with Gasteiger partial charge in [-0.25, -0.2) is 0 Å². The number of hydrogen-bond donors (Lipinski definition) is 1. The first-order valence-corrected chi connectivity index (χ1v) is 5.07. The molecule has 2 N–H and O–H groups in total. The molecule has 0 heterocycles. The Bertz CT molecular complexity index is 302. The maximum Gasteiger partial charge on any atom is 0.0490 e.